The Kier molecular flexibility index (Phi) is 3.34. The standard InChI is InChI=1S/C12H12N2O2S/c13-6-9-1-2-10(7-14-9)17-8-12(3-4-12)5-11(15)16/h1-2,7H,3-5,8H2,(H,15,16). The molecule has 0 unspecified atom stereocenters. The van der Waals surface area contributed by atoms with Gasteiger partial charge < -0.3 is 5.11 Å². The number of carbonyl (C=O) groups is 1. The Morgan fingerprint density at radius 1 is 1.59 bits per heavy atom. The van der Waals surface area contributed by atoms with Gasteiger partial charge in [0.15, 0.2) is 0 Å². The summed E-state index contributed by atoms with van der Waals surface area (Å²) in [5, 5.41) is 17.4. The van der Waals surface area contributed by atoms with Gasteiger partial charge in [-0.25, -0.2) is 4.98 Å². The zero-order valence-electron chi connectivity index (χ0n) is 9.22. The van der Waals surface area contributed by atoms with Crippen LogP contribution in [0.3, 0.4) is 0 Å². The van der Waals surface area contributed by atoms with Gasteiger partial charge in [-0.3, -0.25) is 4.79 Å². The fraction of sp³-hybridized carbons (Fsp3) is 0.417. The van der Waals surface area contributed by atoms with E-state index in [0.717, 1.165) is 23.5 Å². The summed E-state index contributed by atoms with van der Waals surface area (Å²) in [6, 6.07) is 5.50. The molecule has 2 rings (SSSR count). The second-order valence-electron chi connectivity index (χ2n) is 4.35. The van der Waals surface area contributed by atoms with Crippen molar-refractivity contribution in [2.24, 2.45) is 5.41 Å². The van der Waals surface area contributed by atoms with Gasteiger partial charge in [-0.2, -0.15) is 5.26 Å². The van der Waals surface area contributed by atoms with Crippen LogP contribution >= 0.6 is 11.8 Å². The summed E-state index contributed by atoms with van der Waals surface area (Å²) in [5.41, 5.74) is 0.394. The second-order valence-corrected chi connectivity index (χ2v) is 5.40. The van der Waals surface area contributed by atoms with Crippen molar-refractivity contribution in [2.45, 2.75) is 24.2 Å². The molecule has 0 bridgehead atoms. The number of hydrogen-bond donors (Lipinski definition) is 1. The van der Waals surface area contributed by atoms with Crippen molar-refractivity contribution in [3.8, 4) is 6.07 Å². The molecule has 88 valence electrons. The van der Waals surface area contributed by atoms with E-state index in [9.17, 15) is 4.79 Å². The number of hydrogen-bond acceptors (Lipinski definition) is 4. The first kappa shape index (κ1) is 11.9. The molecule has 0 saturated heterocycles. The van der Waals surface area contributed by atoms with Gasteiger partial charge in [0.1, 0.15) is 11.8 Å². The van der Waals surface area contributed by atoms with Crippen molar-refractivity contribution in [1.82, 2.24) is 4.98 Å². The average Bonchev–Trinajstić information content (AvgIpc) is 3.06. The van der Waals surface area contributed by atoms with Crippen LogP contribution in [0.1, 0.15) is 25.0 Å². The first-order valence-electron chi connectivity index (χ1n) is 5.34. The lowest BCUT2D eigenvalue weighted by atomic mass is 10.1. The Hall–Kier alpha value is -1.54. The lowest BCUT2D eigenvalue weighted by Crippen LogP contribution is -2.10. The summed E-state index contributed by atoms with van der Waals surface area (Å²) in [6.07, 6.45) is 3.91. The van der Waals surface area contributed by atoms with E-state index in [1.54, 1.807) is 24.0 Å². The van der Waals surface area contributed by atoms with Crippen LogP contribution in [0.2, 0.25) is 0 Å². The van der Waals surface area contributed by atoms with Crippen LogP contribution in [0.15, 0.2) is 23.2 Å². The van der Waals surface area contributed by atoms with E-state index in [-0.39, 0.29) is 11.8 Å². The fourth-order valence-corrected chi connectivity index (χ4v) is 2.79. The van der Waals surface area contributed by atoms with Crippen molar-refractivity contribution in [3.05, 3.63) is 24.0 Å². The quantitative estimate of drug-likeness (QED) is 0.809. The van der Waals surface area contributed by atoms with E-state index in [2.05, 4.69) is 4.98 Å². The molecular weight excluding hydrogens is 236 g/mol. The molecule has 1 saturated carbocycles. The number of aromatic nitrogens is 1. The summed E-state index contributed by atoms with van der Waals surface area (Å²) < 4.78 is 0. The summed E-state index contributed by atoms with van der Waals surface area (Å²) in [6.45, 7) is 0. The average molecular weight is 248 g/mol. The van der Waals surface area contributed by atoms with Crippen LogP contribution in [-0.2, 0) is 4.79 Å². The third kappa shape index (κ3) is 3.21. The van der Waals surface area contributed by atoms with E-state index in [4.69, 9.17) is 10.4 Å². The molecule has 1 heterocycles. The number of carboxylic acids is 1. The maximum Gasteiger partial charge on any atom is 0.303 e. The monoisotopic (exact) mass is 248 g/mol. The van der Waals surface area contributed by atoms with E-state index in [1.807, 2.05) is 12.1 Å². The molecule has 0 radical (unpaired) electrons. The maximum atomic E-state index is 10.7. The first-order chi connectivity index (χ1) is 8.13. The zero-order valence-corrected chi connectivity index (χ0v) is 10.0. The normalized spacial score (nSPS) is 16.2. The largest absolute Gasteiger partial charge is 0.481 e. The SMILES string of the molecule is N#Cc1ccc(SCC2(CC(=O)O)CC2)cn1. The van der Waals surface area contributed by atoms with Gasteiger partial charge in [0, 0.05) is 16.8 Å². The van der Waals surface area contributed by atoms with Gasteiger partial charge in [0.05, 0.1) is 6.42 Å². The highest BCUT2D eigenvalue weighted by atomic mass is 32.2. The molecule has 0 spiro atoms. The van der Waals surface area contributed by atoms with Crippen molar-refractivity contribution < 1.29 is 9.90 Å². The molecule has 1 aliphatic rings. The van der Waals surface area contributed by atoms with Gasteiger partial charge >= 0.3 is 5.97 Å². The Morgan fingerprint density at radius 2 is 2.35 bits per heavy atom. The highest BCUT2D eigenvalue weighted by molar-refractivity contribution is 7.99. The minimum absolute atomic E-state index is 0.00952. The minimum Gasteiger partial charge on any atom is -0.481 e. The molecule has 1 N–H and O–H groups in total. The van der Waals surface area contributed by atoms with Gasteiger partial charge in [0.2, 0.25) is 0 Å². The van der Waals surface area contributed by atoms with Crippen LogP contribution < -0.4 is 0 Å². The van der Waals surface area contributed by atoms with Crippen LogP contribution in [0.25, 0.3) is 0 Å². The molecular formula is C12H12N2O2S. The number of nitriles is 1. The number of nitrogens with zero attached hydrogens (tertiary/aromatic N) is 2. The molecule has 0 aliphatic heterocycles. The number of rotatable bonds is 5. The smallest absolute Gasteiger partial charge is 0.303 e. The van der Waals surface area contributed by atoms with Crippen molar-refractivity contribution in [1.29, 1.82) is 5.26 Å². The predicted octanol–water partition coefficient (Wildman–Crippen LogP) is 2.30. The van der Waals surface area contributed by atoms with Crippen molar-refractivity contribution in [2.75, 3.05) is 5.75 Å². The Bertz CT molecular complexity index is 460. The molecule has 1 aliphatic carbocycles. The molecule has 5 heteroatoms. The van der Waals surface area contributed by atoms with Crippen molar-refractivity contribution >= 4 is 17.7 Å². The van der Waals surface area contributed by atoms with E-state index in [0.29, 0.717) is 5.69 Å². The predicted molar refractivity (Wildman–Crippen MR) is 63.6 cm³/mol. The van der Waals surface area contributed by atoms with Gasteiger partial charge in [0.25, 0.3) is 0 Å². The third-order valence-electron chi connectivity index (χ3n) is 2.88. The molecule has 4 nitrogen and oxygen atoms in total. The van der Waals surface area contributed by atoms with Crippen LogP contribution in [0.4, 0.5) is 0 Å². The second kappa shape index (κ2) is 4.76. The Morgan fingerprint density at radius 3 is 2.82 bits per heavy atom. The highest BCUT2D eigenvalue weighted by Crippen LogP contribution is 2.51. The summed E-state index contributed by atoms with van der Waals surface area (Å²) in [4.78, 5) is 15.7. The molecule has 1 fully saturated rings. The lowest BCUT2D eigenvalue weighted by molar-refractivity contribution is -0.138. The molecule has 17 heavy (non-hydrogen) atoms. The van der Waals surface area contributed by atoms with E-state index < -0.39 is 5.97 Å². The summed E-state index contributed by atoms with van der Waals surface area (Å²) >= 11 is 1.62. The summed E-state index contributed by atoms with van der Waals surface area (Å²) in [5.74, 6) is 0.0911. The molecule has 0 amide bonds. The number of aliphatic carboxylic acids is 1. The summed E-state index contributed by atoms with van der Waals surface area (Å²) in [7, 11) is 0. The number of carboxylic acid groups (broad SMARTS) is 1. The van der Waals surface area contributed by atoms with E-state index in [1.165, 1.54) is 0 Å². The molecule has 1 aromatic rings. The molecule has 0 aromatic carbocycles. The van der Waals surface area contributed by atoms with Gasteiger partial charge in [-0.15, -0.1) is 11.8 Å². The van der Waals surface area contributed by atoms with Crippen LogP contribution in [-0.4, -0.2) is 21.8 Å². The highest BCUT2D eigenvalue weighted by Gasteiger charge is 2.44. The maximum absolute atomic E-state index is 10.7. The van der Waals surface area contributed by atoms with E-state index >= 15 is 0 Å². The minimum atomic E-state index is -0.721. The van der Waals surface area contributed by atoms with Crippen molar-refractivity contribution in [3.63, 3.8) is 0 Å². The molecule has 1 aromatic heterocycles. The fourth-order valence-electron chi connectivity index (χ4n) is 1.64. The number of thioether (sulfide) groups is 1. The third-order valence-corrected chi connectivity index (χ3v) is 4.21. The topological polar surface area (TPSA) is 74.0 Å². The lowest BCUT2D eigenvalue weighted by Gasteiger charge is -2.11. The van der Waals surface area contributed by atoms with Crippen LogP contribution in [0, 0.1) is 16.7 Å². The Balaban J connectivity index is 1.89. The first-order valence-corrected chi connectivity index (χ1v) is 6.33. The Labute approximate surface area is 104 Å². The number of pyridine rings is 1. The van der Waals surface area contributed by atoms with Gasteiger partial charge in [-0.05, 0) is 30.4 Å². The van der Waals surface area contributed by atoms with Crippen LogP contribution in [0.5, 0.6) is 0 Å². The zero-order chi connectivity index (χ0) is 12.3. The van der Waals surface area contributed by atoms with Gasteiger partial charge in [-0.1, -0.05) is 0 Å². The molecule has 0 atom stereocenters.